The number of carbonyl (C=O) groups is 2. The van der Waals surface area contributed by atoms with Crippen molar-refractivity contribution < 1.29 is 14.3 Å². The Morgan fingerprint density at radius 2 is 1.71 bits per heavy atom. The Morgan fingerprint density at radius 3 is 2.37 bits per heavy atom. The van der Waals surface area contributed by atoms with Crippen molar-refractivity contribution in [3.05, 3.63) is 111 Å². The van der Waals surface area contributed by atoms with E-state index in [0.29, 0.717) is 27.4 Å². The van der Waals surface area contributed by atoms with E-state index in [1.165, 1.54) is 13.2 Å². The fourth-order valence-corrected chi connectivity index (χ4v) is 4.35. The second-order valence-electron chi connectivity index (χ2n) is 8.88. The molecule has 0 aliphatic heterocycles. The number of hydrogen-bond acceptors (Lipinski definition) is 5. The topological polar surface area (TPSA) is 90.3 Å². The summed E-state index contributed by atoms with van der Waals surface area (Å²) in [6.45, 7) is 3.72. The first kappa shape index (κ1) is 26.8. The highest BCUT2D eigenvalue weighted by atomic mass is 35.5. The molecule has 0 spiro atoms. The lowest BCUT2D eigenvalue weighted by atomic mass is 9.97. The summed E-state index contributed by atoms with van der Waals surface area (Å²) >= 11 is 6.24. The maximum Gasteiger partial charge on any atom is 0.268 e. The molecule has 194 valence electrons. The highest BCUT2D eigenvalue weighted by molar-refractivity contribution is 6.31. The molecule has 3 aromatic carbocycles. The van der Waals surface area contributed by atoms with Crippen molar-refractivity contribution >= 4 is 29.0 Å². The molecule has 38 heavy (non-hydrogen) atoms. The molecule has 0 aliphatic rings. The summed E-state index contributed by atoms with van der Waals surface area (Å²) in [7, 11) is 1.42. The molecule has 0 saturated heterocycles. The number of halogens is 1. The zero-order valence-corrected chi connectivity index (χ0v) is 22.2. The van der Waals surface area contributed by atoms with Gasteiger partial charge in [0.1, 0.15) is 6.04 Å². The molecule has 0 fully saturated rings. The van der Waals surface area contributed by atoms with E-state index in [4.69, 9.17) is 16.3 Å². The zero-order valence-electron chi connectivity index (χ0n) is 21.4. The van der Waals surface area contributed by atoms with Crippen molar-refractivity contribution in [1.29, 1.82) is 0 Å². The van der Waals surface area contributed by atoms with Gasteiger partial charge in [-0.15, -0.1) is 5.10 Å². The number of aryl methyl sites for hydroxylation is 1. The van der Waals surface area contributed by atoms with E-state index in [1.54, 1.807) is 37.3 Å². The third-order valence-corrected chi connectivity index (χ3v) is 6.43. The Bertz CT molecular complexity index is 1520. The number of benzene rings is 3. The van der Waals surface area contributed by atoms with Crippen LogP contribution in [0.2, 0.25) is 5.02 Å². The van der Waals surface area contributed by atoms with Crippen molar-refractivity contribution in [3.63, 3.8) is 0 Å². The van der Waals surface area contributed by atoms with E-state index in [2.05, 4.69) is 10.4 Å². The smallest absolute Gasteiger partial charge is 0.268 e. The summed E-state index contributed by atoms with van der Waals surface area (Å²) in [5, 5.41) is 7.76. The monoisotopic (exact) mass is 529 g/mol. The maximum atomic E-state index is 13.5. The number of aromatic nitrogens is 2. The molecular weight excluding hydrogens is 502 g/mol. The van der Waals surface area contributed by atoms with Gasteiger partial charge in [-0.3, -0.25) is 14.4 Å². The molecule has 1 amide bonds. The molecule has 0 radical (unpaired) electrons. The number of ketones is 1. The van der Waals surface area contributed by atoms with Gasteiger partial charge in [0.15, 0.2) is 5.78 Å². The Hall–Kier alpha value is -4.23. The quantitative estimate of drug-likeness (QED) is 0.273. The van der Waals surface area contributed by atoms with Gasteiger partial charge in [-0.1, -0.05) is 66.6 Å². The van der Waals surface area contributed by atoms with E-state index < -0.39 is 17.5 Å². The van der Waals surface area contributed by atoms with Crippen LogP contribution < -0.4 is 15.6 Å². The first-order valence-corrected chi connectivity index (χ1v) is 12.6. The molecule has 1 atom stereocenters. The van der Waals surface area contributed by atoms with Crippen LogP contribution in [0.1, 0.15) is 40.9 Å². The molecule has 0 aliphatic carbocycles. The highest BCUT2D eigenvalue weighted by Crippen LogP contribution is 2.33. The van der Waals surface area contributed by atoms with Crippen LogP contribution in [0.25, 0.3) is 11.1 Å². The van der Waals surface area contributed by atoms with Crippen LogP contribution in [-0.2, 0) is 11.2 Å². The molecule has 4 aromatic rings. The molecule has 1 aromatic heterocycles. The largest absolute Gasteiger partial charge is 0.480 e. The van der Waals surface area contributed by atoms with Gasteiger partial charge in [0.05, 0.1) is 12.7 Å². The predicted molar refractivity (Wildman–Crippen MR) is 149 cm³/mol. The Balaban J connectivity index is 1.81. The van der Waals surface area contributed by atoms with E-state index in [0.717, 1.165) is 15.8 Å². The number of carbonyl (C=O) groups excluding carboxylic acids is 2. The van der Waals surface area contributed by atoms with E-state index in [9.17, 15) is 14.4 Å². The average Bonchev–Trinajstić information content (AvgIpc) is 2.93. The summed E-state index contributed by atoms with van der Waals surface area (Å²) in [4.78, 5) is 39.6. The van der Waals surface area contributed by atoms with Gasteiger partial charge < -0.3 is 10.1 Å². The normalized spacial score (nSPS) is 11.6. The number of nitrogens with one attached hydrogen (secondary N) is 1. The number of anilines is 1. The van der Waals surface area contributed by atoms with Crippen molar-refractivity contribution in [3.8, 4) is 17.0 Å². The lowest BCUT2D eigenvalue weighted by Crippen LogP contribution is -2.36. The minimum Gasteiger partial charge on any atom is -0.480 e. The van der Waals surface area contributed by atoms with Crippen LogP contribution in [0.4, 0.5) is 5.69 Å². The minimum atomic E-state index is -0.967. The molecule has 1 heterocycles. The van der Waals surface area contributed by atoms with Gasteiger partial charge >= 0.3 is 0 Å². The second kappa shape index (κ2) is 11.9. The van der Waals surface area contributed by atoms with Crippen LogP contribution in [0.15, 0.2) is 83.7 Å². The lowest BCUT2D eigenvalue weighted by molar-refractivity contribution is -0.119. The standard InChI is InChI=1S/C30H28ClN3O4/c1-4-27(35)23-15-12-21(31)17-24(23)25-18-28(36)34(33-30(25)38-3)26(16-20-8-6-5-7-9-20)29(37)32-22-13-10-19(2)11-14-22/h5-15,17-18,26H,4,16H2,1-3H3,(H,32,37). The summed E-state index contributed by atoms with van der Waals surface area (Å²) in [6.07, 6.45) is 0.504. The van der Waals surface area contributed by atoms with Crippen LogP contribution in [-0.4, -0.2) is 28.6 Å². The fourth-order valence-electron chi connectivity index (χ4n) is 4.18. The average molecular weight is 530 g/mol. The third kappa shape index (κ3) is 6.01. The van der Waals surface area contributed by atoms with E-state index in [1.807, 2.05) is 49.4 Å². The first-order valence-electron chi connectivity index (χ1n) is 12.2. The predicted octanol–water partition coefficient (Wildman–Crippen LogP) is 5.90. The van der Waals surface area contributed by atoms with Crippen LogP contribution in [0.3, 0.4) is 0 Å². The molecule has 0 saturated carbocycles. The molecule has 1 N–H and O–H groups in total. The molecular formula is C30H28ClN3O4. The number of ether oxygens (including phenoxy) is 1. The van der Waals surface area contributed by atoms with Gasteiger partial charge in [0.2, 0.25) is 11.8 Å². The number of methoxy groups -OCH3 is 1. The highest BCUT2D eigenvalue weighted by Gasteiger charge is 2.26. The number of Topliss-reactive ketones (excluding diaryl/α,β-unsaturated/α-hetero) is 1. The van der Waals surface area contributed by atoms with Gasteiger partial charge in [-0.2, -0.15) is 0 Å². The number of hydrogen-bond donors (Lipinski definition) is 1. The maximum absolute atomic E-state index is 13.5. The zero-order chi connectivity index (χ0) is 27.2. The van der Waals surface area contributed by atoms with Crippen molar-refractivity contribution in [2.45, 2.75) is 32.7 Å². The van der Waals surface area contributed by atoms with Gasteiger partial charge in [0, 0.05) is 35.2 Å². The molecule has 0 bridgehead atoms. The lowest BCUT2D eigenvalue weighted by Gasteiger charge is -2.20. The van der Waals surface area contributed by atoms with Crippen molar-refractivity contribution in [2.75, 3.05) is 12.4 Å². The van der Waals surface area contributed by atoms with Gasteiger partial charge in [-0.25, -0.2) is 4.68 Å². The van der Waals surface area contributed by atoms with Crippen molar-refractivity contribution in [1.82, 2.24) is 9.78 Å². The van der Waals surface area contributed by atoms with E-state index in [-0.39, 0.29) is 24.5 Å². The van der Waals surface area contributed by atoms with Crippen LogP contribution in [0.5, 0.6) is 5.88 Å². The Labute approximate surface area is 226 Å². The molecule has 1 unspecified atom stereocenters. The summed E-state index contributed by atoms with van der Waals surface area (Å²) in [5.41, 5.74) is 3.19. The molecule has 8 heteroatoms. The Kier molecular flexibility index (Phi) is 8.38. The number of rotatable bonds is 9. The number of amides is 1. The van der Waals surface area contributed by atoms with Gasteiger partial charge in [0.25, 0.3) is 5.56 Å². The van der Waals surface area contributed by atoms with Crippen LogP contribution in [0, 0.1) is 6.92 Å². The summed E-state index contributed by atoms with van der Waals surface area (Å²) in [6, 6.07) is 22.0. The van der Waals surface area contributed by atoms with Gasteiger partial charge in [-0.05, 0) is 48.4 Å². The Morgan fingerprint density at radius 1 is 1.00 bits per heavy atom. The van der Waals surface area contributed by atoms with Crippen LogP contribution >= 0.6 is 11.6 Å². The molecule has 7 nitrogen and oxygen atoms in total. The van der Waals surface area contributed by atoms with E-state index >= 15 is 0 Å². The summed E-state index contributed by atoms with van der Waals surface area (Å²) in [5.74, 6) is -0.410. The number of nitrogens with zero attached hydrogens (tertiary/aromatic N) is 2. The third-order valence-electron chi connectivity index (χ3n) is 6.20. The molecule has 4 rings (SSSR count). The fraction of sp³-hybridized carbons (Fsp3) is 0.200. The first-order chi connectivity index (χ1) is 18.3. The minimum absolute atomic E-state index is 0.0956. The second-order valence-corrected chi connectivity index (χ2v) is 9.31. The van der Waals surface area contributed by atoms with Crippen molar-refractivity contribution in [2.24, 2.45) is 0 Å². The SMILES string of the molecule is CCC(=O)c1ccc(Cl)cc1-c1cc(=O)n(C(Cc2ccccc2)C(=O)Nc2ccc(C)cc2)nc1OC. The summed E-state index contributed by atoms with van der Waals surface area (Å²) < 4.78 is 6.69.